The van der Waals surface area contributed by atoms with Crippen molar-refractivity contribution >= 4 is 5.91 Å². The van der Waals surface area contributed by atoms with Crippen molar-refractivity contribution in [2.24, 2.45) is 7.05 Å². The predicted octanol–water partition coefficient (Wildman–Crippen LogP) is 3.31. The molecule has 0 radical (unpaired) electrons. The Morgan fingerprint density at radius 3 is 2.78 bits per heavy atom. The molecule has 0 N–H and O–H groups in total. The first-order chi connectivity index (χ1) is 11.1. The summed E-state index contributed by atoms with van der Waals surface area (Å²) in [5.41, 5.74) is 2.60. The molecule has 3 heterocycles. The molecule has 5 heteroatoms. The molecule has 0 saturated carbocycles. The molecular formula is C18H24N4O. The molecule has 1 amide bonds. The first-order valence-corrected chi connectivity index (χ1v) is 8.33. The van der Waals surface area contributed by atoms with Crippen LogP contribution in [0.1, 0.15) is 66.9 Å². The van der Waals surface area contributed by atoms with E-state index in [2.05, 4.69) is 23.9 Å². The number of piperidine rings is 1. The van der Waals surface area contributed by atoms with Crippen LogP contribution in [0.25, 0.3) is 0 Å². The number of aromatic nitrogens is 3. The maximum absolute atomic E-state index is 13.1. The van der Waals surface area contributed by atoms with Crippen LogP contribution in [-0.2, 0) is 7.05 Å². The van der Waals surface area contributed by atoms with Crippen LogP contribution in [0, 0.1) is 0 Å². The second kappa shape index (κ2) is 6.52. The first-order valence-electron chi connectivity index (χ1n) is 8.33. The van der Waals surface area contributed by atoms with Gasteiger partial charge in [-0.1, -0.05) is 19.9 Å². The van der Waals surface area contributed by atoms with Gasteiger partial charge < -0.3 is 4.90 Å². The maximum atomic E-state index is 13.1. The van der Waals surface area contributed by atoms with Crippen molar-refractivity contribution in [1.29, 1.82) is 0 Å². The van der Waals surface area contributed by atoms with Crippen LogP contribution in [0.3, 0.4) is 0 Å². The Morgan fingerprint density at radius 2 is 2.13 bits per heavy atom. The Kier molecular flexibility index (Phi) is 4.46. The Balaban J connectivity index is 1.90. The molecule has 122 valence electrons. The van der Waals surface area contributed by atoms with E-state index in [1.165, 1.54) is 0 Å². The summed E-state index contributed by atoms with van der Waals surface area (Å²) >= 11 is 0. The highest BCUT2D eigenvalue weighted by Gasteiger charge is 2.31. The monoisotopic (exact) mass is 312 g/mol. The van der Waals surface area contributed by atoms with Gasteiger partial charge in [0, 0.05) is 19.8 Å². The molecule has 0 aliphatic carbocycles. The molecule has 1 aliphatic heterocycles. The van der Waals surface area contributed by atoms with E-state index in [0.717, 1.165) is 37.2 Å². The number of likely N-dealkylation sites (tertiary alicyclic amines) is 1. The molecule has 0 bridgehead atoms. The minimum Gasteiger partial charge on any atom is -0.329 e. The summed E-state index contributed by atoms with van der Waals surface area (Å²) < 4.78 is 1.71. The zero-order valence-corrected chi connectivity index (χ0v) is 14.1. The topological polar surface area (TPSA) is 51.0 Å². The Bertz CT molecular complexity index is 678. The van der Waals surface area contributed by atoms with Crippen molar-refractivity contribution in [3.63, 3.8) is 0 Å². The van der Waals surface area contributed by atoms with E-state index in [1.54, 1.807) is 10.9 Å². The Labute approximate surface area is 137 Å². The SMILES string of the molecule is CC(C)c1cc(C(=O)N2CCCCC2c2ccccn2)n(C)n1. The summed E-state index contributed by atoms with van der Waals surface area (Å²) in [6.45, 7) is 4.96. The lowest BCUT2D eigenvalue weighted by Gasteiger charge is -2.35. The van der Waals surface area contributed by atoms with E-state index in [4.69, 9.17) is 0 Å². The number of nitrogens with zero attached hydrogens (tertiary/aromatic N) is 4. The van der Waals surface area contributed by atoms with E-state index in [-0.39, 0.29) is 11.9 Å². The average molecular weight is 312 g/mol. The van der Waals surface area contributed by atoms with Gasteiger partial charge in [-0.2, -0.15) is 5.10 Å². The lowest BCUT2D eigenvalue weighted by atomic mass is 9.98. The largest absolute Gasteiger partial charge is 0.329 e. The van der Waals surface area contributed by atoms with Gasteiger partial charge in [0.25, 0.3) is 5.91 Å². The Hall–Kier alpha value is -2.17. The molecule has 2 aromatic rings. The van der Waals surface area contributed by atoms with Gasteiger partial charge in [-0.05, 0) is 43.4 Å². The molecule has 1 fully saturated rings. The summed E-state index contributed by atoms with van der Waals surface area (Å²) in [6.07, 6.45) is 4.95. The minimum atomic E-state index is 0.0576. The summed E-state index contributed by atoms with van der Waals surface area (Å²) in [5.74, 6) is 0.373. The van der Waals surface area contributed by atoms with Crippen LogP contribution >= 0.6 is 0 Å². The lowest BCUT2D eigenvalue weighted by Crippen LogP contribution is -2.39. The van der Waals surface area contributed by atoms with E-state index in [0.29, 0.717) is 11.6 Å². The summed E-state index contributed by atoms with van der Waals surface area (Å²) in [5, 5.41) is 4.48. The molecular weight excluding hydrogens is 288 g/mol. The first kappa shape index (κ1) is 15.7. The van der Waals surface area contributed by atoms with Crippen molar-refractivity contribution in [2.45, 2.75) is 45.1 Å². The van der Waals surface area contributed by atoms with Crippen LogP contribution in [-0.4, -0.2) is 32.1 Å². The fourth-order valence-corrected chi connectivity index (χ4v) is 3.17. The fourth-order valence-electron chi connectivity index (χ4n) is 3.17. The average Bonchev–Trinajstić information content (AvgIpc) is 2.97. The minimum absolute atomic E-state index is 0.0576. The fraction of sp³-hybridized carbons (Fsp3) is 0.500. The molecule has 1 saturated heterocycles. The van der Waals surface area contributed by atoms with Gasteiger partial charge in [0.1, 0.15) is 5.69 Å². The van der Waals surface area contributed by atoms with Crippen molar-refractivity contribution < 1.29 is 4.79 Å². The van der Waals surface area contributed by atoms with Gasteiger partial charge >= 0.3 is 0 Å². The van der Waals surface area contributed by atoms with Crippen LogP contribution in [0.2, 0.25) is 0 Å². The predicted molar refractivity (Wildman–Crippen MR) is 89.2 cm³/mol. The Morgan fingerprint density at radius 1 is 1.30 bits per heavy atom. The third-order valence-corrected chi connectivity index (χ3v) is 4.50. The number of pyridine rings is 1. The zero-order valence-electron chi connectivity index (χ0n) is 14.1. The summed E-state index contributed by atoms with van der Waals surface area (Å²) in [4.78, 5) is 19.5. The van der Waals surface area contributed by atoms with Crippen molar-refractivity contribution in [2.75, 3.05) is 6.54 Å². The van der Waals surface area contributed by atoms with E-state index >= 15 is 0 Å². The van der Waals surface area contributed by atoms with Crippen LogP contribution in [0.5, 0.6) is 0 Å². The number of carbonyl (C=O) groups is 1. The van der Waals surface area contributed by atoms with Crippen molar-refractivity contribution in [1.82, 2.24) is 19.7 Å². The lowest BCUT2D eigenvalue weighted by molar-refractivity contribution is 0.0594. The molecule has 23 heavy (non-hydrogen) atoms. The van der Waals surface area contributed by atoms with E-state index < -0.39 is 0 Å². The highest BCUT2D eigenvalue weighted by Crippen LogP contribution is 2.31. The van der Waals surface area contributed by atoms with Gasteiger partial charge in [0.2, 0.25) is 0 Å². The van der Waals surface area contributed by atoms with Gasteiger partial charge in [0.05, 0.1) is 17.4 Å². The molecule has 3 rings (SSSR count). The van der Waals surface area contributed by atoms with Gasteiger partial charge in [-0.25, -0.2) is 0 Å². The number of aryl methyl sites for hydroxylation is 1. The highest BCUT2D eigenvalue weighted by atomic mass is 16.2. The zero-order chi connectivity index (χ0) is 16.4. The standard InChI is InChI=1S/C18H24N4O/c1-13(2)15-12-17(21(3)20-15)18(23)22-11-7-5-9-16(22)14-8-4-6-10-19-14/h4,6,8,10,12-13,16H,5,7,9,11H2,1-3H3. The molecule has 5 nitrogen and oxygen atoms in total. The third-order valence-electron chi connectivity index (χ3n) is 4.50. The molecule has 0 spiro atoms. The second-order valence-corrected chi connectivity index (χ2v) is 6.50. The second-order valence-electron chi connectivity index (χ2n) is 6.50. The van der Waals surface area contributed by atoms with Crippen LogP contribution in [0.4, 0.5) is 0 Å². The normalized spacial score (nSPS) is 18.4. The highest BCUT2D eigenvalue weighted by molar-refractivity contribution is 5.93. The number of rotatable bonds is 3. The molecule has 0 aromatic carbocycles. The number of hydrogen-bond acceptors (Lipinski definition) is 3. The summed E-state index contributed by atoms with van der Waals surface area (Å²) in [7, 11) is 1.85. The smallest absolute Gasteiger partial charge is 0.272 e. The van der Waals surface area contributed by atoms with Gasteiger partial charge in [-0.3, -0.25) is 14.5 Å². The number of amides is 1. The summed E-state index contributed by atoms with van der Waals surface area (Å²) in [6, 6.07) is 7.90. The van der Waals surface area contributed by atoms with Gasteiger partial charge in [0.15, 0.2) is 0 Å². The quantitative estimate of drug-likeness (QED) is 0.873. The van der Waals surface area contributed by atoms with Crippen molar-refractivity contribution in [3.05, 3.63) is 47.5 Å². The van der Waals surface area contributed by atoms with E-state index in [1.807, 2.05) is 36.2 Å². The molecule has 2 aromatic heterocycles. The van der Waals surface area contributed by atoms with Crippen LogP contribution < -0.4 is 0 Å². The molecule has 1 unspecified atom stereocenters. The number of carbonyl (C=O) groups excluding carboxylic acids is 1. The van der Waals surface area contributed by atoms with Gasteiger partial charge in [-0.15, -0.1) is 0 Å². The van der Waals surface area contributed by atoms with Crippen molar-refractivity contribution in [3.8, 4) is 0 Å². The maximum Gasteiger partial charge on any atom is 0.272 e. The van der Waals surface area contributed by atoms with E-state index in [9.17, 15) is 4.79 Å². The molecule has 1 atom stereocenters. The van der Waals surface area contributed by atoms with Crippen LogP contribution in [0.15, 0.2) is 30.5 Å². The molecule has 1 aliphatic rings. The number of hydrogen-bond donors (Lipinski definition) is 0. The third kappa shape index (κ3) is 3.14.